The van der Waals surface area contributed by atoms with Crippen LogP contribution in [0.25, 0.3) is 0 Å². The first-order chi connectivity index (χ1) is 8.68. The smallest absolute Gasteiger partial charge is 0.255 e. The third-order valence-corrected chi connectivity index (χ3v) is 3.23. The van der Waals surface area contributed by atoms with Gasteiger partial charge in [0.05, 0.1) is 11.7 Å². The van der Waals surface area contributed by atoms with Crippen LogP contribution < -0.4 is 5.32 Å². The summed E-state index contributed by atoms with van der Waals surface area (Å²) < 4.78 is 0. The van der Waals surface area contributed by atoms with Crippen molar-refractivity contribution in [3.8, 4) is 5.75 Å². The fourth-order valence-electron chi connectivity index (χ4n) is 1.53. The summed E-state index contributed by atoms with van der Waals surface area (Å²) in [7, 11) is 0. The molecule has 0 aliphatic carbocycles. The highest BCUT2D eigenvalue weighted by molar-refractivity contribution is 7.07. The van der Waals surface area contributed by atoms with Crippen LogP contribution in [0.4, 0.5) is 0 Å². The summed E-state index contributed by atoms with van der Waals surface area (Å²) in [5, 5.41) is 25.6. The van der Waals surface area contributed by atoms with Gasteiger partial charge >= 0.3 is 0 Å². The fraction of sp³-hybridized carbons (Fsp3) is 0.154. The van der Waals surface area contributed by atoms with E-state index in [9.17, 15) is 15.0 Å². The van der Waals surface area contributed by atoms with Crippen molar-refractivity contribution >= 4 is 17.2 Å². The van der Waals surface area contributed by atoms with Crippen molar-refractivity contribution in [1.29, 1.82) is 0 Å². The normalized spacial score (nSPS) is 12.1. The zero-order chi connectivity index (χ0) is 13.0. The highest BCUT2D eigenvalue weighted by Gasteiger charge is 2.13. The summed E-state index contributed by atoms with van der Waals surface area (Å²) >= 11 is 1.49. The Hall–Kier alpha value is -1.85. The number of para-hydroxylation sites is 1. The Morgan fingerprint density at radius 3 is 2.78 bits per heavy atom. The van der Waals surface area contributed by atoms with Gasteiger partial charge in [0.2, 0.25) is 0 Å². The van der Waals surface area contributed by atoms with Gasteiger partial charge in [0.1, 0.15) is 5.75 Å². The maximum absolute atomic E-state index is 11.8. The second-order valence-electron chi connectivity index (χ2n) is 3.80. The quantitative estimate of drug-likeness (QED) is 0.789. The van der Waals surface area contributed by atoms with Crippen LogP contribution in [0.2, 0.25) is 0 Å². The molecule has 0 bridgehead atoms. The number of carbonyl (C=O) groups is 1. The lowest BCUT2D eigenvalue weighted by Crippen LogP contribution is -2.28. The molecule has 2 rings (SSSR count). The van der Waals surface area contributed by atoms with Crippen LogP contribution in [0.1, 0.15) is 22.0 Å². The highest BCUT2D eigenvalue weighted by atomic mass is 32.1. The molecule has 2 aromatic rings. The zero-order valence-corrected chi connectivity index (χ0v) is 10.4. The summed E-state index contributed by atoms with van der Waals surface area (Å²) in [4.78, 5) is 11.8. The van der Waals surface area contributed by atoms with Gasteiger partial charge in [-0.2, -0.15) is 11.3 Å². The zero-order valence-electron chi connectivity index (χ0n) is 9.54. The van der Waals surface area contributed by atoms with E-state index in [1.807, 2.05) is 16.8 Å². The second-order valence-corrected chi connectivity index (χ2v) is 4.58. The summed E-state index contributed by atoms with van der Waals surface area (Å²) in [6, 6.07) is 8.10. The van der Waals surface area contributed by atoms with E-state index in [1.165, 1.54) is 23.5 Å². The molecular weight excluding hydrogens is 250 g/mol. The highest BCUT2D eigenvalue weighted by Crippen LogP contribution is 2.17. The molecule has 18 heavy (non-hydrogen) atoms. The van der Waals surface area contributed by atoms with E-state index >= 15 is 0 Å². The minimum Gasteiger partial charge on any atom is -0.507 e. The Kier molecular flexibility index (Phi) is 3.96. The number of hydrogen-bond donors (Lipinski definition) is 3. The Morgan fingerprint density at radius 1 is 1.33 bits per heavy atom. The van der Waals surface area contributed by atoms with Gasteiger partial charge in [0.25, 0.3) is 5.91 Å². The number of hydrogen-bond acceptors (Lipinski definition) is 4. The number of thiophene rings is 1. The molecule has 1 heterocycles. The lowest BCUT2D eigenvalue weighted by molar-refractivity contribution is 0.0914. The van der Waals surface area contributed by atoms with Crippen LogP contribution in [0, 0.1) is 0 Å². The van der Waals surface area contributed by atoms with Crippen LogP contribution in [0.5, 0.6) is 5.75 Å². The molecule has 1 atom stereocenters. The molecule has 0 saturated carbocycles. The molecule has 94 valence electrons. The van der Waals surface area contributed by atoms with Crippen molar-refractivity contribution in [2.24, 2.45) is 0 Å². The van der Waals surface area contributed by atoms with Gasteiger partial charge in [0.15, 0.2) is 0 Å². The van der Waals surface area contributed by atoms with Gasteiger partial charge in [-0.3, -0.25) is 4.79 Å². The second kappa shape index (κ2) is 5.66. The monoisotopic (exact) mass is 263 g/mol. The van der Waals surface area contributed by atoms with Gasteiger partial charge in [-0.15, -0.1) is 0 Å². The number of nitrogens with one attached hydrogen (secondary N) is 1. The maximum atomic E-state index is 11.8. The molecule has 1 amide bonds. The third-order valence-electron chi connectivity index (χ3n) is 2.53. The number of benzene rings is 1. The maximum Gasteiger partial charge on any atom is 0.255 e. The Bertz CT molecular complexity index is 525. The predicted molar refractivity (Wildman–Crippen MR) is 69.7 cm³/mol. The van der Waals surface area contributed by atoms with E-state index in [-0.39, 0.29) is 17.9 Å². The summed E-state index contributed by atoms with van der Waals surface area (Å²) in [6.07, 6.45) is -0.731. The lowest BCUT2D eigenvalue weighted by atomic mass is 10.1. The van der Waals surface area contributed by atoms with Gasteiger partial charge < -0.3 is 15.5 Å². The van der Waals surface area contributed by atoms with E-state index < -0.39 is 12.0 Å². The largest absolute Gasteiger partial charge is 0.507 e. The van der Waals surface area contributed by atoms with E-state index in [0.717, 1.165) is 5.56 Å². The molecule has 0 radical (unpaired) electrons. The lowest BCUT2D eigenvalue weighted by Gasteiger charge is -2.11. The Labute approximate surface area is 109 Å². The molecule has 1 unspecified atom stereocenters. The van der Waals surface area contributed by atoms with Crippen LogP contribution in [-0.4, -0.2) is 22.7 Å². The molecule has 4 nitrogen and oxygen atoms in total. The molecule has 0 spiro atoms. The fourth-order valence-corrected chi connectivity index (χ4v) is 2.24. The Morgan fingerprint density at radius 2 is 2.11 bits per heavy atom. The van der Waals surface area contributed by atoms with Crippen LogP contribution in [0.15, 0.2) is 41.1 Å². The Balaban J connectivity index is 1.95. The van der Waals surface area contributed by atoms with Crippen LogP contribution in [0.3, 0.4) is 0 Å². The molecule has 0 fully saturated rings. The molecule has 1 aromatic heterocycles. The summed E-state index contributed by atoms with van der Waals surface area (Å²) in [5.41, 5.74) is 0.979. The average molecular weight is 263 g/mol. The van der Waals surface area contributed by atoms with Gasteiger partial charge in [-0.25, -0.2) is 0 Å². The van der Waals surface area contributed by atoms with Gasteiger partial charge in [0, 0.05) is 6.54 Å². The topological polar surface area (TPSA) is 69.6 Å². The first-order valence-corrected chi connectivity index (χ1v) is 6.39. The molecular formula is C13H13NO3S. The number of phenolic OH excluding ortho intramolecular Hbond substituents is 1. The molecule has 3 N–H and O–H groups in total. The number of amides is 1. The van der Waals surface area contributed by atoms with Gasteiger partial charge in [-0.1, -0.05) is 12.1 Å². The first kappa shape index (κ1) is 12.6. The van der Waals surface area contributed by atoms with Crippen molar-refractivity contribution in [2.45, 2.75) is 6.10 Å². The first-order valence-electron chi connectivity index (χ1n) is 5.45. The number of aliphatic hydroxyl groups excluding tert-OH is 1. The van der Waals surface area contributed by atoms with Crippen molar-refractivity contribution in [3.05, 3.63) is 52.2 Å². The summed E-state index contributed by atoms with van der Waals surface area (Å²) in [6.45, 7) is 0.115. The average Bonchev–Trinajstić information content (AvgIpc) is 2.90. The van der Waals surface area contributed by atoms with Crippen molar-refractivity contribution in [2.75, 3.05) is 6.54 Å². The number of aliphatic hydroxyl groups is 1. The molecule has 1 aromatic carbocycles. The van der Waals surface area contributed by atoms with E-state index in [2.05, 4.69) is 5.32 Å². The SMILES string of the molecule is O=C(NCC(O)c1ccsc1)c1ccccc1O. The van der Waals surface area contributed by atoms with E-state index in [4.69, 9.17) is 0 Å². The third kappa shape index (κ3) is 2.88. The molecule has 0 aliphatic rings. The molecule has 0 saturated heterocycles. The number of carbonyl (C=O) groups excluding carboxylic acids is 1. The van der Waals surface area contributed by atoms with Crippen molar-refractivity contribution in [1.82, 2.24) is 5.32 Å². The number of phenols is 1. The standard InChI is InChI=1S/C13H13NO3S/c15-11-4-2-1-3-10(11)13(17)14-7-12(16)9-5-6-18-8-9/h1-6,8,12,15-16H,7H2,(H,14,17). The molecule has 0 aliphatic heterocycles. The van der Waals surface area contributed by atoms with Crippen molar-refractivity contribution in [3.63, 3.8) is 0 Å². The van der Waals surface area contributed by atoms with Crippen molar-refractivity contribution < 1.29 is 15.0 Å². The minimum absolute atomic E-state index is 0.0694. The number of aromatic hydroxyl groups is 1. The van der Waals surface area contributed by atoms with Gasteiger partial charge in [-0.05, 0) is 34.5 Å². The predicted octanol–water partition coefficient (Wildman–Crippen LogP) is 1.92. The van der Waals surface area contributed by atoms with E-state index in [0.29, 0.717) is 0 Å². The number of rotatable bonds is 4. The van der Waals surface area contributed by atoms with Crippen LogP contribution in [-0.2, 0) is 0 Å². The summed E-state index contributed by atoms with van der Waals surface area (Å²) in [5.74, 6) is -0.470. The van der Waals surface area contributed by atoms with E-state index in [1.54, 1.807) is 12.1 Å². The molecule has 5 heteroatoms. The minimum atomic E-state index is -0.731. The van der Waals surface area contributed by atoms with Crippen LogP contribution >= 0.6 is 11.3 Å².